The Morgan fingerprint density at radius 1 is 1.07 bits per heavy atom. The van der Waals surface area contributed by atoms with Crippen LogP contribution in [0.15, 0.2) is 60.9 Å². The maximum Gasteiger partial charge on any atom is 0.246 e. The molecule has 0 radical (unpaired) electrons. The van der Waals surface area contributed by atoms with Crippen LogP contribution in [0.2, 0.25) is 0 Å². The van der Waals surface area contributed by atoms with Crippen LogP contribution in [0.1, 0.15) is 22.9 Å². The van der Waals surface area contributed by atoms with Gasteiger partial charge in [-0.15, -0.1) is 0 Å². The molecule has 4 rings (SSSR count). The first-order chi connectivity index (χ1) is 14.7. The van der Waals surface area contributed by atoms with Gasteiger partial charge < -0.3 is 14.8 Å². The predicted octanol–water partition coefficient (Wildman–Crippen LogP) is 3.23. The van der Waals surface area contributed by atoms with Crippen molar-refractivity contribution in [3.63, 3.8) is 0 Å². The number of nitrogens with one attached hydrogen (secondary N) is 1. The molecule has 0 saturated carbocycles. The van der Waals surface area contributed by atoms with Crippen molar-refractivity contribution >= 4 is 11.6 Å². The van der Waals surface area contributed by atoms with Gasteiger partial charge in [0.15, 0.2) is 0 Å². The van der Waals surface area contributed by atoms with E-state index in [2.05, 4.69) is 20.2 Å². The number of anilines is 1. The normalized spacial score (nSPS) is 14.5. The highest BCUT2D eigenvalue weighted by atomic mass is 16.5. The van der Waals surface area contributed by atoms with Crippen LogP contribution < -0.4 is 14.8 Å². The molecule has 1 unspecified atom stereocenters. The third kappa shape index (κ3) is 4.11. The molecule has 1 N–H and O–H groups in total. The van der Waals surface area contributed by atoms with Gasteiger partial charge in [0.05, 0.1) is 19.9 Å². The first-order valence-electron chi connectivity index (χ1n) is 9.80. The molecule has 1 atom stereocenters. The Morgan fingerprint density at radius 2 is 1.90 bits per heavy atom. The lowest BCUT2D eigenvalue weighted by atomic mass is 9.99. The zero-order chi connectivity index (χ0) is 20.9. The first-order valence-corrected chi connectivity index (χ1v) is 9.80. The van der Waals surface area contributed by atoms with Crippen LogP contribution in [0.4, 0.5) is 5.69 Å². The molecule has 1 amide bonds. The van der Waals surface area contributed by atoms with Gasteiger partial charge in [-0.3, -0.25) is 9.69 Å². The van der Waals surface area contributed by atoms with Crippen LogP contribution in [0.3, 0.4) is 0 Å². The van der Waals surface area contributed by atoms with Crippen molar-refractivity contribution in [2.75, 3.05) is 26.1 Å². The Bertz CT molecular complexity index is 1010. The number of aromatic nitrogens is 2. The number of benzene rings is 2. The first kappa shape index (κ1) is 19.8. The quantitative estimate of drug-likeness (QED) is 0.680. The molecule has 0 bridgehead atoms. The molecule has 3 aromatic rings. The number of methoxy groups -OCH3 is 2. The monoisotopic (exact) mass is 404 g/mol. The van der Waals surface area contributed by atoms with Crippen LogP contribution in [0.5, 0.6) is 11.6 Å². The molecule has 7 heteroatoms. The number of amides is 1. The summed E-state index contributed by atoms with van der Waals surface area (Å²) < 4.78 is 10.7. The van der Waals surface area contributed by atoms with Crippen molar-refractivity contribution in [1.82, 2.24) is 14.9 Å². The molecule has 7 nitrogen and oxygen atoms in total. The van der Waals surface area contributed by atoms with Crippen molar-refractivity contribution in [3.05, 3.63) is 77.7 Å². The highest BCUT2D eigenvalue weighted by molar-refractivity contribution is 5.95. The lowest BCUT2D eigenvalue weighted by Crippen LogP contribution is -2.40. The predicted molar refractivity (Wildman–Crippen MR) is 114 cm³/mol. The topological polar surface area (TPSA) is 76.6 Å². The van der Waals surface area contributed by atoms with Gasteiger partial charge in [0.25, 0.3) is 0 Å². The third-order valence-corrected chi connectivity index (χ3v) is 5.25. The molecule has 0 fully saturated rings. The Labute approximate surface area is 175 Å². The molecular formula is C23H24N4O3. The molecule has 0 aliphatic carbocycles. The minimum Gasteiger partial charge on any atom is -0.497 e. The zero-order valence-electron chi connectivity index (χ0n) is 17.0. The van der Waals surface area contributed by atoms with Crippen LogP contribution in [0, 0.1) is 0 Å². The van der Waals surface area contributed by atoms with Crippen molar-refractivity contribution in [2.45, 2.75) is 19.0 Å². The van der Waals surface area contributed by atoms with E-state index in [0.717, 1.165) is 23.2 Å². The Kier molecular flexibility index (Phi) is 5.90. The van der Waals surface area contributed by atoms with Gasteiger partial charge in [-0.05, 0) is 17.7 Å². The highest BCUT2D eigenvalue weighted by Gasteiger charge is 2.32. The summed E-state index contributed by atoms with van der Waals surface area (Å²) in [5.41, 5.74) is 3.52. The van der Waals surface area contributed by atoms with Crippen LogP contribution in [-0.2, 0) is 17.8 Å². The molecule has 154 valence electrons. The fraction of sp³-hybridized carbons (Fsp3) is 0.261. The van der Waals surface area contributed by atoms with Crippen molar-refractivity contribution in [3.8, 4) is 11.6 Å². The summed E-state index contributed by atoms with van der Waals surface area (Å²) in [6, 6.07) is 16.7. The second-order valence-electron chi connectivity index (χ2n) is 7.06. The summed E-state index contributed by atoms with van der Waals surface area (Å²) in [5.74, 6) is 1.15. The Hall–Kier alpha value is -3.45. The largest absolute Gasteiger partial charge is 0.497 e. The second kappa shape index (κ2) is 8.92. The smallest absolute Gasteiger partial charge is 0.246 e. The molecule has 30 heavy (non-hydrogen) atoms. The van der Waals surface area contributed by atoms with Crippen molar-refractivity contribution in [2.24, 2.45) is 0 Å². The summed E-state index contributed by atoms with van der Waals surface area (Å²) in [4.78, 5) is 24.2. The lowest BCUT2D eigenvalue weighted by Gasteiger charge is -2.34. The van der Waals surface area contributed by atoms with Crippen LogP contribution in [0.25, 0.3) is 0 Å². The number of nitrogens with zero attached hydrogens (tertiary/aromatic N) is 3. The van der Waals surface area contributed by atoms with E-state index >= 15 is 0 Å². The molecule has 1 aliphatic heterocycles. The number of hydrogen-bond acceptors (Lipinski definition) is 6. The zero-order valence-corrected chi connectivity index (χ0v) is 17.0. The Balaban J connectivity index is 1.64. The van der Waals surface area contributed by atoms with E-state index in [1.807, 2.05) is 54.6 Å². The van der Waals surface area contributed by atoms with Gasteiger partial charge >= 0.3 is 0 Å². The standard InChI is InChI=1S/C23H24N4O3/c1-29-18-10-6-9-17(13-18)26-22(28)21(16-7-4-3-5-8-16)27-12-11-20-19(14-27)23(30-2)25-15-24-20/h3-10,13,15,21H,11-12,14H2,1-2H3,(H,26,28). The lowest BCUT2D eigenvalue weighted by molar-refractivity contribution is -0.122. The van der Waals surface area contributed by atoms with E-state index < -0.39 is 6.04 Å². The van der Waals surface area contributed by atoms with Gasteiger partial charge in [0, 0.05) is 36.8 Å². The van der Waals surface area contributed by atoms with Crippen molar-refractivity contribution in [1.29, 1.82) is 0 Å². The van der Waals surface area contributed by atoms with Gasteiger partial charge in [-0.2, -0.15) is 0 Å². The van der Waals surface area contributed by atoms with E-state index in [1.165, 1.54) is 6.33 Å². The SMILES string of the molecule is COc1cccc(NC(=O)C(c2ccccc2)N2CCc3ncnc(OC)c3C2)c1. The second-order valence-corrected chi connectivity index (χ2v) is 7.06. The molecule has 0 spiro atoms. The molecule has 2 heterocycles. The van der Waals surface area contributed by atoms with Crippen molar-refractivity contribution < 1.29 is 14.3 Å². The van der Waals surface area contributed by atoms with E-state index in [1.54, 1.807) is 14.2 Å². The summed E-state index contributed by atoms with van der Waals surface area (Å²) >= 11 is 0. The summed E-state index contributed by atoms with van der Waals surface area (Å²) in [6.45, 7) is 1.24. The maximum absolute atomic E-state index is 13.4. The average molecular weight is 404 g/mol. The number of fused-ring (bicyclic) bond motifs is 1. The number of ether oxygens (including phenoxy) is 2. The van der Waals surface area contributed by atoms with Gasteiger partial charge in [0.1, 0.15) is 18.1 Å². The van der Waals surface area contributed by atoms with Gasteiger partial charge in [0.2, 0.25) is 11.8 Å². The number of rotatable bonds is 6. The minimum atomic E-state index is -0.463. The number of carbonyl (C=O) groups is 1. The van der Waals surface area contributed by atoms with Gasteiger partial charge in [-0.1, -0.05) is 36.4 Å². The minimum absolute atomic E-state index is 0.103. The van der Waals surface area contributed by atoms with E-state index in [9.17, 15) is 4.79 Å². The molecule has 2 aromatic carbocycles. The molecule has 0 saturated heterocycles. The number of hydrogen-bond donors (Lipinski definition) is 1. The summed E-state index contributed by atoms with van der Waals surface area (Å²) in [5, 5.41) is 3.04. The van der Waals surface area contributed by atoms with Crippen LogP contribution >= 0.6 is 0 Å². The number of carbonyl (C=O) groups excluding carboxylic acids is 1. The molecular weight excluding hydrogens is 380 g/mol. The highest BCUT2D eigenvalue weighted by Crippen LogP contribution is 2.31. The maximum atomic E-state index is 13.4. The fourth-order valence-electron chi connectivity index (χ4n) is 3.81. The van der Waals surface area contributed by atoms with Crippen LogP contribution in [-0.4, -0.2) is 41.5 Å². The molecule has 1 aromatic heterocycles. The fourth-order valence-corrected chi connectivity index (χ4v) is 3.81. The van der Waals surface area contributed by atoms with E-state index in [-0.39, 0.29) is 5.91 Å². The van der Waals surface area contributed by atoms with Gasteiger partial charge in [-0.25, -0.2) is 9.97 Å². The third-order valence-electron chi connectivity index (χ3n) is 5.25. The molecule has 1 aliphatic rings. The summed E-state index contributed by atoms with van der Waals surface area (Å²) in [6.07, 6.45) is 2.25. The average Bonchev–Trinajstić information content (AvgIpc) is 2.79. The van der Waals surface area contributed by atoms with E-state index in [4.69, 9.17) is 9.47 Å². The Morgan fingerprint density at radius 3 is 2.67 bits per heavy atom. The summed E-state index contributed by atoms with van der Waals surface area (Å²) in [7, 11) is 3.21. The van der Waals surface area contributed by atoms with E-state index in [0.29, 0.717) is 30.4 Å².